The lowest BCUT2D eigenvalue weighted by atomic mass is 9.69. The highest BCUT2D eigenvalue weighted by Gasteiger charge is 2.48. The van der Waals surface area contributed by atoms with E-state index in [1.165, 1.54) is 90.3 Å². The summed E-state index contributed by atoms with van der Waals surface area (Å²) in [5.41, 5.74) is 9.60. The molecular formula is C43H43NO2. The molecule has 1 heterocycles. The van der Waals surface area contributed by atoms with Crippen molar-refractivity contribution in [3.05, 3.63) is 131 Å². The highest BCUT2D eigenvalue weighted by atomic mass is 16.5. The van der Waals surface area contributed by atoms with Gasteiger partial charge in [0.1, 0.15) is 11.5 Å². The summed E-state index contributed by atoms with van der Waals surface area (Å²) in [5, 5.41) is 2.36. The van der Waals surface area contributed by atoms with Crippen LogP contribution in [0.15, 0.2) is 103 Å². The van der Waals surface area contributed by atoms with Crippen LogP contribution in [-0.4, -0.2) is 21.2 Å². The van der Waals surface area contributed by atoms with Gasteiger partial charge < -0.3 is 14.4 Å². The Kier molecular flexibility index (Phi) is 7.16. The average Bonchev–Trinajstić information content (AvgIpc) is 3.46. The molecule has 3 nitrogen and oxygen atoms in total. The van der Waals surface area contributed by atoms with E-state index in [2.05, 4.69) is 128 Å². The molecule has 1 fully saturated rings. The molecule has 46 heavy (non-hydrogen) atoms. The Bertz CT molecular complexity index is 1930. The van der Waals surface area contributed by atoms with Crippen molar-refractivity contribution in [1.82, 2.24) is 0 Å². The fourth-order valence-corrected chi connectivity index (χ4v) is 8.65. The second-order valence-electron chi connectivity index (χ2n) is 13.6. The largest absolute Gasteiger partial charge is 0.497 e. The number of hydrogen-bond acceptors (Lipinski definition) is 3. The van der Waals surface area contributed by atoms with Crippen molar-refractivity contribution in [3.8, 4) is 22.6 Å². The molecule has 0 N–H and O–H groups in total. The monoisotopic (exact) mass is 605 g/mol. The van der Waals surface area contributed by atoms with Gasteiger partial charge in [-0.1, -0.05) is 111 Å². The van der Waals surface area contributed by atoms with Crippen molar-refractivity contribution in [3.63, 3.8) is 0 Å². The first-order valence-corrected chi connectivity index (χ1v) is 17.1. The van der Waals surface area contributed by atoms with Crippen LogP contribution in [0, 0.1) is 0 Å². The molecule has 5 aromatic carbocycles. The summed E-state index contributed by atoms with van der Waals surface area (Å²) in [6.07, 6.45) is 14.9. The van der Waals surface area contributed by atoms with E-state index >= 15 is 0 Å². The standard InChI is InChI=1S/C43H43NO2/c1-44(2)32-21-19-31(20-22-32)43(30-15-9-8-10-16-30)28-25-36-40-39(34-24-23-33(45-3)29-37(34)41(36)46-43)35-17-11-12-18-38(35)42(40)26-13-6-4-5-7-14-27-42/h8-12,15-25,28-29H,4-7,13-14,26-27H2,1-3H3. The summed E-state index contributed by atoms with van der Waals surface area (Å²) in [4.78, 5) is 2.14. The van der Waals surface area contributed by atoms with E-state index in [-0.39, 0.29) is 5.41 Å². The molecule has 5 aromatic rings. The van der Waals surface area contributed by atoms with E-state index in [1.807, 2.05) is 0 Å². The zero-order chi connectivity index (χ0) is 31.3. The third-order valence-corrected chi connectivity index (χ3v) is 10.9. The molecule has 1 saturated carbocycles. The minimum atomic E-state index is -0.777. The number of fused-ring (bicyclic) bond motifs is 10. The Labute approximate surface area is 273 Å². The van der Waals surface area contributed by atoms with E-state index in [1.54, 1.807) is 7.11 Å². The SMILES string of the molecule is COc1ccc2c3c(c4c(c2c1)OC(c1ccccc1)(c1ccc(N(C)C)cc1)C=C4)C1(CCCCCCCC1)c1ccccc1-3. The minimum Gasteiger partial charge on any atom is -0.497 e. The van der Waals surface area contributed by atoms with Crippen LogP contribution in [0.5, 0.6) is 11.5 Å². The van der Waals surface area contributed by atoms with Crippen LogP contribution in [-0.2, 0) is 11.0 Å². The van der Waals surface area contributed by atoms with E-state index in [0.717, 1.165) is 28.0 Å². The molecule has 1 aliphatic heterocycles. The lowest BCUT2D eigenvalue weighted by Crippen LogP contribution is -2.35. The quantitative estimate of drug-likeness (QED) is 0.203. The molecule has 3 aliphatic rings. The fourth-order valence-electron chi connectivity index (χ4n) is 8.65. The van der Waals surface area contributed by atoms with Gasteiger partial charge >= 0.3 is 0 Å². The van der Waals surface area contributed by atoms with Gasteiger partial charge in [-0.05, 0) is 76.9 Å². The van der Waals surface area contributed by atoms with Gasteiger partial charge in [0.2, 0.25) is 0 Å². The zero-order valence-corrected chi connectivity index (χ0v) is 27.3. The van der Waals surface area contributed by atoms with Crippen molar-refractivity contribution in [2.75, 3.05) is 26.1 Å². The molecule has 0 bridgehead atoms. The summed E-state index contributed by atoms with van der Waals surface area (Å²) in [5.74, 6) is 1.81. The highest BCUT2D eigenvalue weighted by molar-refractivity contribution is 6.09. The zero-order valence-electron chi connectivity index (χ0n) is 27.3. The lowest BCUT2D eigenvalue weighted by Gasteiger charge is -2.40. The Balaban J connectivity index is 1.44. The molecule has 1 atom stereocenters. The van der Waals surface area contributed by atoms with Gasteiger partial charge in [-0.25, -0.2) is 0 Å². The molecule has 8 rings (SSSR count). The Morgan fingerprint density at radius 3 is 2.09 bits per heavy atom. The molecule has 1 unspecified atom stereocenters. The van der Waals surface area contributed by atoms with Crippen LogP contribution < -0.4 is 14.4 Å². The second kappa shape index (κ2) is 11.4. The van der Waals surface area contributed by atoms with Crippen LogP contribution in [0.3, 0.4) is 0 Å². The first-order chi connectivity index (χ1) is 22.6. The number of hydrogen-bond donors (Lipinski definition) is 0. The lowest BCUT2D eigenvalue weighted by molar-refractivity contribution is 0.163. The van der Waals surface area contributed by atoms with E-state index in [9.17, 15) is 0 Å². The van der Waals surface area contributed by atoms with Crippen LogP contribution in [0.2, 0.25) is 0 Å². The first-order valence-electron chi connectivity index (χ1n) is 17.1. The van der Waals surface area contributed by atoms with Gasteiger partial charge in [0.25, 0.3) is 0 Å². The normalized spacial score (nSPS) is 19.7. The van der Waals surface area contributed by atoms with Crippen molar-refractivity contribution in [1.29, 1.82) is 0 Å². The van der Waals surface area contributed by atoms with Crippen molar-refractivity contribution in [2.24, 2.45) is 0 Å². The average molecular weight is 606 g/mol. The molecule has 0 aromatic heterocycles. The van der Waals surface area contributed by atoms with Crippen LogP contribution in [0.25, 0.3) is 28.0 Å². The molecule has 232 valence electrons. The number of methoxy groups -OCH3 is 1. The summed E-state index contributed by atoms with van der Waals surface area (Å²) in [7, 11) is 5.92. The van der Waals surface area contributed by atoms with Crippen LogP contribution in [0.4, 0.5) is 5.69 Å². The van der Waals surface area contributed by atoms with Crippen molar-refractivity contribution < 1.29 is 9.47 Å². The maximum Gasteiger partial charge on any atom is 0.178 e. The summed E-state index contributed by atoms with van der Waals surface area (Å²) >= 11 is 0. The third kappa shape index (κ3) is 4.39. The van der Waals surface area contributed by atoms with E-state index in [4.69, 9.17) is 9.47 Å². The predicted molar refractivity (Wildman–Crippen MR) is 191 cm³/mol. The van der Waals surface area contributed by atoms with E-state index in [0.29, 0.717) is 0 Å². The van der Waals surface area contributed by atoms with Crippen molar-refractivity contribution >= 4 is 22.5 Å². The maximum absolute atomic E-state index is 7.59. The Hall–Kier alpha value is -4.50. The molecular weight excluding hydrogens is 562 g/mol. The predicted octanol–water partition coefficient (Wildman–Crippen LogP) is 10.7. The minimum absolute atomic E-state index is 0.0255. The van der Waals surface area contributed by atoms with E-state index < -0.39 is 5.60 Å². The van der Waals surface area contributed by atoms with Gasteiger partial charge in [0.15, 0.2) is 5.60 Å². The Morgan fingerprint density at radius 1 is 0.696 bits per heavy atom. The van der Waals surface area contributed by atoms with Crippen LogP contribution >= 0.6 is 0 Å². The number of anilines is 1. The molecule has 0 amide bonds. The Morgan fingerprint density at radius 2 is 1.37 bits per heavy atom. The number of nitrogens with zero attached hydrogens (tertiary/aromatic N) is 1. The summed E-state index contributed by atoms with van der Waals surface area (Å²) < 4.78 is 13.4. The molecule has 3 heteroatoms. The second-order valence-corrected chi connectivity index (χ2v) is 13.6. The van der Waals surface area contributed by atoms with Crippen LogP contribution in [0.1, 0.15) is 79.2 Å². The smallest absolute Gasteiger partial charge is 0.178 e. The van der Waals surface area contributed by atoms with Gasteiger partial charge in [-0.3, -0.25) is 0 Å². The third-order valence-electron chi connectivity index (χ3n) is 10.9. The van der Waals surface area contributed by atoms with Gasteiger partial charge in [-0.2, -0.15) is 0 Å². The van der Waals surface area contributed by atoms with Gasteiger partial charge in [0.05, 0.1) is 7.11 Å². The maximum atomic E-state index is 7.59. The highest BCUT2D eigenvalue weighted by Crippen LogP contribution is 2.61. The number of ether oxygens (including phenoxy) is 2. The fraction of sp³-hybridized carbons (Fsp3) is 0.302. The number of rotatable bonds is 4. The van der Waals surface area contributed by atoms with Gasteiger partial charge in [-0.15, -0.1) is 0 Å². The molecule has 0 saturated heterocycles. The molecule has 2 aliphatic carbocycles. The summed E-state index contributed by atoms with van der Waals surface area (Å²) in [6, 6.07) is 35.4. The molecule has 1 spiro atoms. The van der Waals surface area contributed by atoms with Gasteiger partial charge in [0, 0.05) is 47.3 Å². The summed E-state index contributed by atoms with van der Waals surface area (Å²) in [6.45, 7) is 0. The first kappa shape index (κ1) is 28.9. The van der Waals surface area contributed by atoms with Crippen molar-refractivity contribution in [2.45, 2.75) is 62.4 Å². The topological polar surface area (TPSA) is 21.7 Å². The number of benzene rings is 5. The molecule has 0 radical (unpaired) electrons.